The highest BCUT2D eigenvalue weighted by atomic mass is 32.2. The Bertz CT molecular complexity index is 221. The summed E-state index contributed by atoms with van der Waals surface area (Å²) >= 11 is 0. The van der Waals surface area contributed by atoms with Crippen LogP contribution in [0.3, 0.4) is 0 Å². The molecule has 0 radical (unpaired) electrons. The molecule has 2 N–H and O–H groups in total. The van der Waals surface area contributed by atoms with E-state index in [-0.39, 0.29) is 5.75 Å². The number of hydrogen-bond donors (Lipinski definition) is 2. The summed E-state index contributed by atoms with van der Waals surface area (Å²) in [5, 5.41) is 0. The lowest BCUT2D eigenvalue weighted by Crippen LogP contribution is -2.38. The number of sulfonamides is 1. The zero-order chi connectivity index (χ0) is 8.74. The van der Waals surface area contributed by atoms with Crippen LogP contribution in [0.5, 0.6) is 0 Å². The minimum atomic E-state index is -3.23. The number of nitrogens with one attached hydrogen (secondary N) is 2. The van der Waals surface area contributed by atoms with E-state index in [1.165, 1.54) is 6.08 Å². The zero-order valence-corrected chi connectivity index (χ0v) is 7.02. The topological polar surface area (TPSA) is 58.2 Å². The van der Waals surface area contributed by atoms with Crippen molar-refractivity contribution < 1.29 is 8.42 Å². The molecule has 0 aromatic rings. The van der Waals surface area contributed by atoms with Crippen molar-refractivity contribution in [3.05, 3.63) is 25.3 Å². The van der Waals surface area contributed by atoms with Crippen molar-refractivity contribution in [1.29, 1.82) is 0 Å². The summed E-state index contributed by atoms with van der Waals surface area (Å²) in [7, 11) is -3.23. The van der Waals surface area contributed by atoms with Gasteiger partial charge in [-0.3, -0.25) is 0 Å². The van der Waals surface area contributed by atoms with E-state index < -0.39 is 10.0 Å². The van der Waals surface area contributed by atoms with Gasteiger partial charge < -0.3 is 0 Å². The largest absolute Gasteiger partial charge is 0.240 e. The second-order valence-electron chi connectivity index (χ2n) is 1.84. The van der Waals surface area contributed by atoms with Crippen molar-refractivity contribution in [3.8, 4) is 0 Å². The molecule has 0 aromatic heterocycles. The summed E-state index contributed by atoms with van der Waals surface area (Å²) in [5.74, 6) is -0.0862. The van der Waals surface area contributed by atoms with Crippen LogP contribution in [0, 0.1) is 0 Å². The molecule has 64 valence electrons. The summed E-state index contributed by atoms with van der Waals surface area (Å²) in [5.41, 5.74) is 2.46. The van der Waals surface area contributed by atoms with Crippen molar-refractivity contribution in [2.75, 3.05) is 12.3 Å². The third-order valence-electron chi connectivity index (χ3n) is 0.811. The molecule has 0 rings (SSSR count). The SMILES string of the molecule is C=CCNNS(=O)(=O)CC=C. The summed E-state index contributed by atoms with van der Waals surface area (Å²) in [6, 6.07) is 0. The van der Waals surface area contributed by atoms with Gasteiger partial charge in [0.2, 0.25) is 10.0 Å². The maximum Gasteiger partial charge on any atom is 0.227 e. The van der Waals surface area contributed by atoms with Gasteiger partial charge in [0.15, 0.2) is 0 Å². The second-order valence-corrected chi connectivity index (χ2v) is 3.61. The molecule has 11 heavy (non-hydrogen) atoms. The minimum absolute atomic E-state index is 0.0862. The van der Waals surface area contributed by atoms with Gasteiger partial charge in [0.1, 0.15) is 0 Å². The fourth-order valence-electron chi connectivity index (χ4n) is 0.421. The molecule has 0 heterocycles. The minimum Gasteiger partial charge on any atom is -0.240 e. The van der Waals surface area contributed by atoms with Gasteiger partial charge in [0.05, 0.1) is 5.75 Å². The van der Waals surface area contributed by atoms with E-state index in [0.717, 1.165) is 0 Å². The Morgan fingerprint density at radius 2 is 1.91 bits per heavy atom. The van der Waals surface area contributed by atoms with E-state index in [0.29, 0.717) is 6.54 Å². The molecule has 0 fully saturated rings. The highest BCUT2D eigenvalue weighted by molar-refractivity contribution is 7.89. The van der Waals surface area contributed by atoms with E-state index in [1.807, 2.05) is 0 Å². The Hall–Kier alpha value is -0.650. The van der Waals surface area contributed by atoms with Crippen LogP contribution >= 0.6 is 0 Å². The summed E-state index contributed by atoms with van der Waals surface area (Å²) in [6.07, 6.45) is 2.87. The highest BCUT2D eigenvalue weighted by Gasteiger charge is 2.03. The molecule has 0 unspecified atom stereocenters. The first kappa shape index (κ1) is 10.3. The van der Waals surface area contributed by atoms with Gasteiger partial charge in [-0.05, 0) is 0 Å². The van der Waals surface area contributed by atoms with E-state index in [1.54, 1.807) is 6.08 Å². The molecular weight excluding hydrogens is 164 g/mol. The standard InChI is InChI=1S/C6H12N2O2S/c1-3-5-7-8-11(9,10)6-4-2/h3-4,7-8H,1-2,5-6H2. The normalized spacial score (nSPS) is 10.9. The molecule has 0 aliphatic rings. The van der Waals surface area contributed by atoms with Gasteiger partial charge in [-0.15, -0.1) is 13.2 Å². The third-order valence-corrected chi connectivity index (χ3v) is 1.94. The van der Waals surface area contributed by atoms with Gasteiger partial charge in [-0.2, -0.15) is 4.83 Å². The lowest BCUT2D eigenvalue weighted by molar-refractivity contribution is 0.568. The number of hydrogen-bond acceptors (Lipinski definition) is 3. The Kier molecular flexibility index (Phi) is 4.76. The molecule has 0 saturated heterocycles. The van der Waals surface area contributed by atoms with E-state index >= 15 is 0 Å². The molecule has 0 aliphatic carbocycles. The fraction of sp³-hybridized carbons (Fsp3) is 0.333. The summed E-state index contributed by atoms with van der Waals surface area (Å²) in [4.78, 5) is 2.14. The van der Waals surface area contributed by atoms with E-state index in [9.17, 15) is 8.42 Å². The lowest BCUT2D eigenvalue weighted by Gasteiger charge is -2.02. The monoisotopic (exact) mass is 176 g/mol. The van der Waals surface area contributed by atoms with Crippen LogP contribution in [0.1, 0.15) is 0 Å². The molecule has 0 aromatic carbocycles. The second kappa shape index (κ2) is 5.06. The molecule has 0 saturated carbocycles. The first-order chi connectivity index (χ1) is 5.12. The zero-order valence-electron chi connectivity index (χ0n) is 6.21. The van der Waals surface area contributed by atoms with Crippen molar-refractivity contribution >= 4 is 10.0 Å². The van der Waals surface area contributed by atoms with Crippen molar-refractivity contribution in [3.63, 3.8) is 0 Å². The van der Waals surface area contributed by atoms with Gasteiger partial charge in [0, 0.05) is 6.54 Å². The maximum absolute atomic E-state index is 10.8. The predicted molar refractivity (Wildman–Crippen MR) is 45.3 cm³/mol. The molecule has 4 nitrogen and oxygen atoms in total. The molecule has 0 amide bonds. The van der Waals surface area contributed by atoms with Crippen molar-refractivity contribution in [2.45, 2.75) is 0 Å². The summed E-state index contributed by atoms with van der Waals surface area (Å²) in [6.45, 7) is 7.11. The molecule has 0 spiro atoms. The van der Waals surface area contributed by atoms with Gasteiger partial charge in [0.25, 0.3) is 0 Å². The molecule has 0 aliphatic heterocycles. The molecule has 0 atom stereocenters. The van der Waals surface area contributed by atoms with Crippen LogP contribution in [-0.4, -0.2) is 20.7 Å². The molecular formula is C6H12N2O2S. The first-order valence-corrected chi connectivity index (χ1v) is 4.71. The van der Waals surface area contributed by atoms with Crippen LogP contribution in [0.2, 0.25) is 0 Å². The average Bonchev–Trinajstić information content (AvgIpc) is 1.87. The van der Waals surface area contributed by atoms with Gasteiger partial charge >= 0.3 is 0 Å². The Labute approximate surface area is 67.0 Å². The quantitative estimate of drug-likeness (QED) is 0.334. The highest BCUT2D eigenvalue weighted by Crippen LogP contribution is 1.80. The average molecular weight is 176 g/mol. The lowest BCUT2D eigenvalue weighted by atomic mass is 10.7. The van der Waals surface area contributed by atoms with Crippen LogP contribution < -0.4 is 10.3 Å². The van der Waals surface area contributed by atoms with E-state index in [4.69, 9.17) is 0 Å². The maximum atomic E-state index is 10.8. The van der Waals surface area contributed by atoms with Crippen LogP contribution in [0.15, 0.2) is 25.3 Å². The molecule has 5 heteroatoms. The fourth-order valence-corrected chi connectivity index (χ4v) is 1.12. The van der Waals surface area contributed by atoms with Crippen LogP contribution in [-0.2, 0) is 10.0 Å². The first-order valence-electron chi connectivity index (χ1n) is 3.06. The van der Waals surface area contributed by atoms with Crippen molar-refractivity contribution in [1.82, 2.24) is 10.3 Å². The molecule has 0 bridgehead atoms. The van der Waals surface area contributed by atoms with Crippen molar-refractivity contribution in [2.24, 2.45) is 0 Å². The van der Waals surface area contributed by atoms with Crippen LogP contribution in [0.4, 0.5) is 0 Å². The van der Waals surface area contributed by atoms with Gasteiger partial charge in [-0.25, -0.2) is 13.8 Å². The summed E-state index contributed by atoms with van der Waals surface area (Å²) < 4.78 is 21.7. The Balaban J connectivity index is 3.73. The Morgan fingerprint density at radius 3 is 2.36 bits per heavy atom. The predicted octanol–water partition coefficient (Wildman–Crippen LogP) is -0.218. The van der Waals surface area contributed by atoms with E-state index in [2.05, 4.69) is 23.4 Å². The van der Waals surface area contributed by atoms with Crippen LogP contribution in [0.25, 0.3) is 0 Å². The Morgan fingerprint density at radius 1 is 1.27 bits per heavy atom. The number of rotatable bonds is 6. The smallest absolute Gasteiger partial charge is 0.227 e. The van der Waals surface area contributed by atoms with Gasteiger partial charge in [-0.1, -0.05) is 12.2 Å². The third kappa shape index (κ3) is 5.78. The number of hydrazine groups is 1.